The SMILES string of the molecule is CCCCOc1cc2nnnc(Nc3ccc(F)c(Cl)c3)c2cc1OC. The van der Waals surface area contributed by atoms with E-state index < -0.39 is 5.82 Å². The Bertz CT molecular complexity index is 923. The van der Waals surface area contributed by atoms with E-state index in [-0.39, 0.29) is 5.02 Å². The minimum atomic E-state index is -0.488. The number of anilines is 2. The second kappa shape index (κ2) is 8.14. The van der Waals surface area contributed by atoms with Crippen LogP contribution in [0.25, 0.3) is 10.9 Å². The lowest BCUT2D eigenvalue weighted by Crippen LogP contribution is -2.02. The van der Waals surface area contributed by atoms with Crippen molar-refractivity contribution in [3.63, 3.8) is 0 Å². The van der Waals surface area contributed by atoms with Gasteiger partial charge >= 0.3 is 0 Å². The summed E-state index contributed by atoms with van der Waals surface area (Å²) in [5, 5.41) is 15.7. The number of unbranched alkanes of at least 4 members (excludes halogenated alkanes) is 1. The van der Waals surface area contributed by atoms with Crippen molar-refractivity contribution >= 4 is 34.0 Å². The van der Waals surface area contributed by atoms with Crippen LogP contribution in [0.1, 0.15) is 19.8 Å². The summed E-state index contributed by atoms with van der Waals surface area (Å²) in [6, 6.07) is 7.87. The average molecular weight is 377 g/mol. The Morgan fingerprint density at radius 1 is 1.15 bits per heavy atom. The van der Waals surface area contributed by atoms with Gasteiger partial charge in [-0.3, -0.25) is 0 Å². The number of fused-ring (bicyclic) bond motifs is 1. The van der Waals surface area contributed by atoms with E-state index in [1.165, 1.54) is 12.1 Å². The minimum absolute atomic E-state index is 0.0190. The number of aromatic nitrogens is 3. The zero-order chi connectivity index (χ0) is 18.5. The molecule has 6 nitrogen and oxygen atoms in total. The summed E-state index contributed by atoms with van der Waals surface area (Å²) in [6.45, 7) is 2.69. The third-order valence-corrected chi connectivity index (χ3v) is 4.06. The highest BCUT2D eigenvalue weighted by molar-refractivity contribution is 6.31. The molecule has 0 unspecified atom stereocenters. The summed E-state index contributed by atoms with van der Waals surface area (Å²) in [7, 11) is 1.57. The molecular weight excluding hydrogens is 359 g/mol. The molecule has 0 spiro atoms. The highest BCUT2D eigenvalue weighted by Gasteiger charge is 2.13. The van der Waals surface area contributed by atoms with Crippen LogP contribution in [0, 0.1) is 5.82 Å². The maximum Gasteiger partial charge on any atom is 0.164 e. The molecule has 3 rings (SSSR count). The van der Waals surface area contributed by atoms with Gasteiger partial charge in [0.15, 0.2) is 17.3 Å². The lowest BCUT2D eigenvalue weighted by molar-refractivity contribution is 0.289. The molecule has 0 aliphatic carbocycles. The molecule has 1 heterocycles. The van der Waals surface area contributed by atoms with Gasteiger partial charge in [0.2, 0.25) is 0 Å². The van der Waals surface area contributed by atoms with E-state index in [2.05, 4.69) is 27.7 Å². The number of benzene rings is 2. The largest absolute Gasteiger partial charge is 0.493 e. The van der Waals surface area contributed by atoms with Crippen LogP contribution in [0.4, 0.5) is 15.9 Å². The maximum absolute atomic E-state index is 13.3. The highest BCUT2D eigenvalue weighted by atomic mass is 35.5. The number of ether oxygens (including phenoxy) is 2. The summed E-state index contributed by atoms with van der Waals surface area (Å²) in [4.78, 5) is 0. The summed E-state index contributed by atoms with van der Waals surface area (Å²) >= 11 is 5.83. The van der Waals surface area contributed by atoms with Crippen LogP contribution in [-0.2, 0) is 0 Å². The van der Waals surface area contributed by atoms with Gasteiger partial charge in [-0.25, -0.2) is 4.39 Å². The average Bonchev–Trinajstić information content (AvgIpc) is 2.64. The first-order chi connectivity index (χ1) is 12.6. The molecule has 0 amide bonds. The zero-order valence-electron chi connectivity index (χ0n) is 14.4. The highest BCUT2D eigenvalue weighted by Crippen LogP contribution is 2.34. The van der Waals surface area contributed by atoms with Crippen molar-refractivity contribution < 1.29 is 13.9 Å². The Morgan fingerprint density at radius 2 is 2.00 bits per heavy atom. The lowest BCUT2D eigenvalue weighted by Gasteiger charge is -2.13. The standard InChI is InChI=1S/C18H18ClFN4O2/c1-3-4-7-26-17-10-15-12(9-16(17)25-2)18(23-24-22-15)21-11-5-6-14(20)13(19)8-11/h5-6,8-10H,3-4,7H2,1-2H3,(H,21,22,23). The summed E-state index contributed by atoms with van der Waals surface area (Å²) in [5.41, 5.74) is 1.18. The molecule has 8 heteroatoms. The van der Waals surface area contributed by atoms with Gasteiger partial charge < -0.3 is 14.8 Å². The van der Waals surface area contributed by atoms with Gasteiger partial charge in [0.1, 0.15) is 11.3 Å². The van der Waals surface area contributed by atoms with Gasteiger partial charge in [-0.15, -0.1) is 10.2 Å². The molecule has 26 heavy (non-hydrogen) atoms. The van der Waals surface area contributed by atoms with Gasteiger partial charge in [0.25, 0.3) is 0 Å². The third-order valence-electron chi connectivity index (χ3n) is 3.77. The Kier molecular flexibility index (Phi) is 5.68. The second-order valence-corrected chi connectivity index (χ2v) is 6.02. The molecule has 2 aromatic carbocycles. The van der Waals surface area contributed by atoms with Crippen molar-refractivity contribution in [3.8, 4) is 11.5 Å². The maximum atomic E-state index is 13.3. The summed E-state index contributed by atoms with van der Waals surface area (Å²) < 4.78 is 24.5. The van der Waals surface area contributed by atoms with Crippen LogP contribution in [0.5, 0.6) is 11.5 Å². The molecule has 0 aliphatic rings. The Hall–Kier alpha value is -2.67. The third kappa shape index (κ3) is 3.94. The molecule has 3 aromatic rings. The van der Waals surface area contributed by atoms with Crippen LogP contribution < -0.4 is 14.8 Å². The molecule has 0 saturated carbocycles. The first-order valence-corrected chi connectivity index (χ1v) is 8.56. The quantitative estimate of drug-likeness (QED) is 0.600. The Balaban J connectivity index is 1.97. The van der Waals surface area contributed by atoms with Crippen molar-refractivity contribution in [1.82, 2.24) is 15.4 Å². The van der Waals surface area contributed by atoms with Gasteiger partial charge in [-0.1, -0.05) is 24.9 Å². The second-order valence-electron chi connectivity index (χ2n) is 5.61. The molecule has 0 bridgehead atoms. The lowest BCUT2D eigenvalue weighted by atomic mass is 10.2. The molecule has 0 atom stereocenters. The molecule has 0 aliphatic heterocycles. The molecule has 1 N–H and O–H groups in total. The van der Waals surface area contributed by atoms with Gasteiger partial charge in [0.05, 0.1) is 24.1 Å². The smallest absolute Gasteiger partial charge is 0.164 e. The van der Waals surface area contributed by atoms with Crippen LogP contribution in [-0.4, -0.2) is 29.1 Å². The molecule has 136 valence electrons. The Morgan fingerprint density at radius 3 is 2.73 bits per heavy atom. The van der Waals surface area contributed by atoms with E-state index in [1.807, 2.05) is 0 Å². The Labute approximate surface area is 155 Å². The fourth-order valence-electron chi connectivity index (χ4n) is 2.39. The van der Waals surface area contributed by atoms with Crippen molar-refractivity contribution in [1.29, 1.82) is 0 Å². The van der Waals surface area contributed by atoms with E-state index in [1.54, 1.807) is 25.3 Å². The molecular formula is C18H18ClFN4O2. The number of halogens is 2. The normalized spacial score (nSPS) is 10.8. The number of hydrogen-bond donors (Lipinski definition) is 1. The predicted molar refractivity (Wildman–Crippen MR) is 99.0 cm³/mol. The van der Waals surface area contributed by atoms with Gasteiger partial charge in [0, 0.05) is 11.8 Å². The fourth-order valence-corrected chi connectivity index (χ4v) is 2.57. The zero-order valence-corrected chi connectivity index (χ0v) is 15.2. The fraction of sp³-hybridized carbons (Fsp3) is 0.278. The van der Waals surface area contributed by atoms with Crippen LogP contribution in [0.15, 0.2) is 30.3 Å². The number of nitrogens with zero attached hydrogens (tertiary/aromatic N) is 3. The van der Waals surface area contributed by atoms with E-state index >= 15 is 0 Å². The molecule has 0 saturated heterocycles. The van der Waals surface area contributed by atoms with E-state index in [0.717, 1.165) is 12.8 Å². The minimum Gasteiger partial charge on any atom is -0.493 e. The molecule has 1 aromatic heterocycles. The molecule has 0 radical (unpaired) electrons. The number of hydrogen-bond acceptors (Lipinski definition) is 6. The monoisotopic (exact) mass is 376 g/mol. The van der Waals surface area contributed by atoms with Crippen LogP contribution in [0.3, 0.4) is 0 Å². The predicted octanol–water partition coefficient (Wildman–Crippen LogP) is 4.75. The van der Waals surface area contributed by atoms with Crippen molar-refractivity contribution in [2.75, 3.05) is 19.0 Å². The van der Waals surface area contributed by atoms with Crippen molar-refractivity contribution in [2.24, 2.45) is 0 Å². The summed E-state index contributed by atoms with van der Waals surface area (Å²) in [6.07, 6.45) is 1.98. The van der Waals surface area contributed by atoms with Crippen LogP contribution in [0.2, 0.25) is 5.02 Å². The van der Waals surface area contributed by atoms with Crippen LogP contribution >= 0.6 is 11.6 Å². The molecule has 0 fully saturated rings. The van der Waals surface area contributed by atoms with E-state index in [9.17, 15) is 4.39 Å². The summed E-state index contributed by atoms with van der Waals surface area (Å²) in [5.74, 6) is 1.14. The van der Waals surface area contributed by atoms with E-state index in [0.29, 0.717) is 40.5 Å². The first-order valence-electron chi connectivity index (χ1n) is 8.18. The first kappa shape index (κ1) is 18.1. The van der Waals surface area contributed by atoms with Gasteiger partial charge in [-0.05, 0) is 35.9 Å². The van der Waals surface area contributed by atoms with E-state index in [4.69, 9.17) is 21.1 Å². The number of methoxy groups -OCH3 is 1. The van der Waals surface area contributed by atoms with Gasteiger partial charge in [-0.2, -0.15) is 0 Å². The topological polar surface area (TPSA) is 69.2 Å². The number of nitrogens with one attached hydrogen (secondary N) is 1. The van der Waals surface area contributed by atoms with Crippen molar-refractivity contribution in [3.05, 3.63) is 41.2 Å². The van der Waals surface area contributed by atoms with Crippen molar-refractivity contribution in [2.45, 2.75) is 19.8 Å². The number of rotatable bonds is 7.